The highest BCUT2D eigenvalue weighted by Gasteiger charge is 2.25. The minimum absolute atomic E-state index is 0.0341. The van der Waals surface area contributed by atoms with Crippen LogP contribution >= 0.6 is 11.3 Å². The summed E-state index contributed by atoms with van der Waals surface area (Å²) in [5.41, 5.74) is 2.87. The molecule has 8 heteroatoms. The zero-order valence-electron chi connectivity index (χ0n) is 20.6. The van der Waals surface area contributed by atoms with Gasteiger partial charge in [-0.15, -0.1) is 21.5 Å². The molecule has 0 spiro atoms. The second kappa shape index (κ2) is 11.8. The van der Waals surface area contributed by atoms with Gasteiger partial charge in [0.25, 0.3) is 5.91 Å². The Morgan fingerprint density at radius 2 is 1.59 bits per heavy atom. The average molecular weight is 512 g/mol. The molecule has 0 bridgehead atoms. The van der Waals surface area contributed by atoms with Crippen LogP contribution in [0.5, 0.6) is 0 Å². The molecule has 0 radical (unpaired) electrons. The van der Waals surface area contributed by atoms with Gasteiger partial charge in [-0.2, -0.15) is 0 Å². The SMILES string of the molecule is O=C(CN(Cc1ccccc1)C(=O)c1cccs1)N1CCCN(c2ccc(-c3ccccc3)nn2)CC1. The third kappa shape index (κ3) is 6.21. The van der Waals surface area contributed by atoms with Gasteiger partial charge in [0.05, 0.1) is 10.6 Å². The minimum Gasteiger partial charge on any atom is -0.353 e. The van der Waals surface area contributed by atoms with Crippen molar-refractivity contribution in [2.75, 3.05) is 37.6 Å². The quantitative estimate of drug-likeness (QED) is 0.363. The number of nitrogens with zero attached hydrogens (tertiary/aromatic N) is 5. The second-order valence-electron chi connectivity index (χ2n) is 8.99. The van der Waals surface area contributed by atoms with E-state index in [1.54, 1.807) is 4.90 Å². The van der Waals surface area contributed by atoms with Crippen molar-refractivity contribution in [1.82, 2.24) is 20.0 Å². The van der Waals surface area contributed by atoms with Gasteiger partial charge in [-0.3, -0.25) is 9.59 Å². The highest BCUT2D eigenvalue weighted by Crippen LogP contribution is 2.20. The van der Waals surface area contributed by atoms with Crippen LogP contribution in [-0.4, -0.2) is 64.5 Å². The first kappa shape index (κ1) is 24.6. The number of carbonyl (C=O) groups excluding carboxylic acids is 2. The van der Waals surface area contributed by atoms with E-state index in [1.807, 2.05) is 95.2 Å². The summed E-state index contributed by atoms with van der Waals surface area (Å²) in [5, 5.41) is 10.8. The van der Waals surface area contributed by atoms with Crippen LogP contribution in [0.1, 0.15) is 21.7 Å². The maximum atomic E-state index is 13.4. The molecule has 1 aliphatic heterocycles. The Balaban J connectivity index is 1.23. The van der Waals surface area contributed by atoms with E-state index in [9.17, 15) is 9.59 Å². The number of amides is 2. The summed E-state index contributed by atoms with van der Waals surface area (Å²) in [7, 11) is 0. The van der Waals surface area contributed by atoms with Crippen LogP contribution in [0.4, 0.5) is 5.82 Å². The Morgan fingerprint density at radius 1 is 0.811 bits per heavy atom. The molecule has 1 fully saturated rings. The van der Waals surface area contributed by atoms with Gasteiger partial charge in [0, 0.05) is 38.3 Å². The van der Waals surface area contributed by atoms with E-state index in [-0.39, 0.29) is 18.4 Å². The molecule has 2 aromatic carbocycles. The van der Waals surface area contributed by atoms with E-state index in [0.29, 0.717) is 31.1 Å². The van der Waals surface area contributed by atoms with Crippen molar-refractivity contribution in [1.29, 1.82) is 0 Å². The molecule has 0 atom stereocenters. The van der Waals surface area contributed by atoms with Crippen molar-refractivity contribution < 1.29 is 9.59 Å². The van der Waals surface area contributed by atoms with Crippen molar-refractivity contribution in [3.05, 3.63) is 101 Å². The van der Waals surface area contributed by atoms with Crippen molar-refractivity contribution in [2.45, 2.75) is 13.0 Å². The Hall–Kier alpha value is -4.04. The van der Waals surface area contributed by atoms with Gasteiger partial charge in [0.15, 0.2) is 5.82 Å². The first-order valence-electron chi connectivity index (χ1n) is 12.5. The summed E-state index contributed by atoms with van der Waals surface area (Å²) in [6.07, 6.45) is 0.825. The monoisotopic (exact) mass is 511 g/mol. The van der Waals surface area contributed by atoms with Gasteiger partial charge in [-0.05, 0) is 35.6 Å². The lowest BCUT2D eigenvalue weighted by atomic mass is 10.1. The summed E-state index contributed by atoms with van der Waals surface area (Å²) in [6.45, 7) is 3.14. The Bertz CT molecular complexity index is 1300. The lowest BCUT2D eigenvalue weighted by Gasteiger charge is -2.27. The lowest BCUT2D eigenvalue weighted by Crippen LogP contribution is -2.43. The van der Waals surface area contributed by atoms with E-state index in [1.165, 1.54) is 11.3 Å². The molecule has 188 valence electrons. The van der Waals surface area contributed by atoms with E-state index < -0.39 is 0 Å². The number of benzene rings is 2. The van der Waals surface area contributed by atoms with E-state index in [4.69, 9.17) is 0 Å². The van der Waals surface area contributed by atoms with Crippen molar-refractivity contribution in [3.63, 3.8) is 0 Å². The number of carbonyl (C=O) groups is 2. The normalized spacial score (nSPS) is 13.7. The second-order valence-corrected chi connectivity index (χ2v) is 9.94. The average Bonchev–Trinajstić information content (AvgIpc) is 3.38. The summed E-state index contributed by atoms with van der Waals surface area (Å²) >= 11 is 1.40. The van der Waals surface area contributed by atoms with Crippen LogP contribution in [0.15, 0.2) is 90.3 Å². The highest BCUT2D eigenvalue weighted by molar-refractivity contribution is 7.12. The van der Waals surface area contributed by atoms with E-state index in [0.717, 1.165) is 35.6 Å². The number of hydrogen-bond acceptors (Lipinski definition) is 6. The van der Waals surface area contributed by atoms with Crippen LogP contribution < -0.4 is 4.90 Å². The number of aromatic nitrogens is 2. The standard InChI is InChI=1S/C29H29N5O2S/c35-28(22-34(21-23-9-3-1-4-10-23)29(36)26-13-7-20-37-26)33-17-8-16-32(18-19-33)27-15-14-25(30-31-27)24-11-5-2-6-12-24/h1-7,9-15,20H,8,16-19,21-22H2. The van der Waals surface area contributed by atoms with Crippen LogP contribution in [-0.2, 0) is 11.3 Å². The topological polar surface area (TPSA) is 69.6 Å². The number of thiophene rings is 1. The minimum atomic E-state index is -0.113. The highest BCUT2D eigenvalue weighted by atomic mass is 32.1. The fraction of sp³-hybridized carbons (Fsp3) is 0.241. The predicted octanol–water partition coefficient (Wildman–Crippen LogP) is 4.59. The fourth-order valence-electron chi connectivity index (χ4n) is 4.48. The van der Waals surface area contributed by atoms with E-state index >= 15 is 0 Å². The molecule has 4 aromatic rings. The molecule has 0 unspecified atom stereocenters. The molecule has 2 amide bonds. The molecule has 2 aromatic heterocycles. The molecule has 1 saturated heterocycles. The molecule has 37 heavy (non-hydrogen) atoms. The first-order valence-corrected chi connectivity index (χ1v) is 13.3. The van der Waals surface area contributed by atoms with Crippen LogP contribution in [0.2, 0.25) is 0 Å². The maximum absolute atomic E-state index is 13.4. The predicted molar refractivity (Wildman–Crippen MR) is 146 cm³/mol. The van der Waals surface area contributed by atoms with Crippen LogP contribution in [0.3, 0.4) is 0 Å². The number of anilines is 1. The number of hydrogen-bond donors (Lipinski definition) is 0. The van der Waals surface area contributed by atoms with Gasteiger partial charge in [-0.25, -0.2) is 0 Å². The molecular formula is C29H29N5O2S. The Morgan fingerprint density at radius 3 is 2.30 bits per heavy atom. The summed E-state index contributed by atoms with van der Waals surface area (Å²) in [5.74, 6) is 0.665. The van der Waals surface area contributed by atoms with Gasteiger partial charge in [0.1, 0.15) is 6.54 Å². The maximum Gasteiger partial charge on any atom is 0.264 e. The molecule has 0 saturated carbocycles. The molecular weight excluding hydrogens is 482 g/mol. The van der Waals surface area contributed by atoms with Gasteiger partial charge < -0.3 is 14.7 Å². The Labute approximate surface area is 221 Å². The zero-order chi connectivity index (χ0) is 25.5. The van der Waals surface area contributed by atoms with E-state index in [2.05, 4.69) is 15.1 Å². The molecule has 3 heterocycles. The third-order valence-electron chi connectivity index (χ3n) is 6.45. The summed E-state index contributed by atoms with van der Waals surface area (Å²) < 4.78 is 0. The molecule has 0 N–H and O–H groups in total. The molecule has 0 aliphatic carbocycles. The largest absolute Gasteiger partial charge is 0.353 e. The van der Waals surface area contributed by atoms with Crippen molar-refractivity contribution in [3.8, 4) is 11.3 Å². The molecule has 7 nitrogen and oxygen atoms in total. The van der Waals surface area contributed by atoms with Crippen molar-refractivity contribution >= 4 is 29.0 Å². The third-order valence-corrected chi connectivity index (χ3v) is 7.31. The Kier molecular flexibility index (Phi) is 7.86. The molecule has 1 aliphatic rings. The van der Waals surface area contributed by atoms with Crippen LogP contribution in [0, 0.1) is 0 Å². The first-order chi connectivity index (χ1) is 18.2. The van der Waals surface area contributed by atoms with Gasteiger partial charge in [0.2, 0.25) is 5.91 Å². The fourth-order valence-corrected chi connectivity index (χ4v) is 5.17. The summed E-state index contributed by atoms with van der Waals surface area (Å²) in [6, 6.07) is 27.4. The van der Waals surface area contributed by atoms with Crippen molar-refractivity contribution in [2.24, 2.45) is 0 Å². The smallest absolute Gasteiger partial charge is 0.264 e. The summed E-state index contributed by atoms with van der Waals surface area (Å²) in [4.78, 5) is 32.9. The van der Waals surface area contributed by atoms with Crippen LogP contribution in [0.25, 0.3) is 11.3 Å². The van der Waals surface area contributed by atoms with Gasteiger partial charge in [-0.1, -0.05) is 66.7 Å². The van der Waals surface area contributed by atoms with Gasteiger partial charge >= 0.3 is 0 Å². The number of rotatable bonds is 7. The lowest BCUT2D eigenvalue weighted by molar-refractivity contribution is -0.131. The zero-order valence-corrected chi connectivity index (χ0v) is 21.4. The molecule has 5 rings (SSSR count).